The molecule has 0 amide bonds. The van der Waals surface area contributed by atoms with Crippen LogP contribution in [0.4, 0.5) is 0 Å². The van der Waals surface area contributed by atoms with Gasteiger partial charge in [-0.15, -0.1) is 0 Å². The van der Waals surface area contributed by atoms with Crippen LogP contribution in [0.25, 0.3) is 0 Å². The standard InChI is InChI=1S/C14H23N3O/c1-11-4-3-7-14(10-11,18-2)13-16-9-6-12(17-13)5-8-15/h6,9,11H,3-5,7-8,10,15H2,1-2H3. The molecule has 1 aliphatic rings. The van der Waals surface area contributed by atoms with Crippen molar-refractivity contribution in [2.45, 2.75) is 44.6 Å². The van der Waals surface area contributed by atoms with Crippen LogP contribution in [0.2, 0.25) is 0 Å². The molecule has 0 spiro atoms. The summed E-state index contributed by atoms with van der Waals surface area (Å²) >= 11 is 0. The number of aromatic nitrogens is 2. The van der Waals surface area contributed by atoms with Crippen molar-refractivity contribution in [3.8, 4) is 0 Å². The molecule has 0 aromatic carbocycles. The van der Waals surface area contributed by atoms with Crippen LogP contribution in [0, 0.1) is 5.92 Å². The molecular weight excluding hydrogens is 226 g/mol. The van der Waals surface area contributed by atoms with Gasteiger partial charge in [0.1, 0.15) is 5.60 Å². The number of hydrogen-bond acceptors (Lipinski definition) is 4. The van der Waals surface area contributed by atoms with E-state index in [-0.39, 0.29) is 5.60 Å². The van der Waals surface area contributed by atoms with E-state index in [4.69, 9.17) is 10.5 Å². The summed E-state index contributed by atoms with van der Waals surface area (Å²) in [7, 11) is 1.77. The number of nitrogens with zero attached hydrogens (tertiary/aromatic N) is 2. The highest BCUT2D eigenvalue weighted by molar-refractivity contribution is 5.10. The fourth-order valence-electron chi connectivity index (χ4n) is 2.89. The van der Waals surface area contributed by atoms with Crippen LogP contribution in [-0.2, 0) is 16.8 Å². The Hall–Kier alpha value is -1.00. The van der Waals surface area contributed by atoms with E-state index in [2.05, 4.69) is 16.9 Å². The highest BCUT2D eigenvalue weighted by Gasteiger charge is 2.39. The van der Waals surface area contributed by atoms with E-state index < -0.39 is 0 Å². The molecule has 2 N–H and O–H groups in total. The quantitative estimate of drug-likeness (QED) is 0.887. The maximum absolute atomic E-state index is 5.81. The molecule has 1 saturated carbocycles. The fourth-order valence-corrected chi connectivity index (χ4v) is 2.89. The van der Waals surface area contributed by atoms with Gasteiger partial charge in [-0.05, 0) is 37.8 Å². The minimum atomic E-state index is -0.289. The van der Waals surface area contributed by atoms with Crippen LogP contribution in [0.15, 0.2) is 12.3 Å². The molecule has 1 fully saturated rings. The topological polar surface area (TPSA) is 61.0 Å². The second kappa shape index (κ2) is 5.76. The summed E-state index contributed by atoms with van der Waals surface area (Å²) in [6, 6.07) is 1.94. The molecule has 2 unspecified atom stereocenters. The van der Waals surface area contributed by atoms with Crippen LogP contribution < -0.4 is 5.73 Å². The zero-order valence-electron chi connectivity index (χ0n) is 11.4. The summed E-state index contributed by atoms with van der Waals surface area (Å²) in [5.74, 6) is 1.50. The van der Waals surface area contributed by atoms with Gasteiger partial charge in [-0.25, -0.2) is 9.97 Å². The van der Waals surface area contributed by atoms with Crippen LogP contribution in [0.3, 0.4) is 0 Å². The van der Waals surface area contributed by atoms with Crippen LogP contribution >= 0.6 is 0 Å². The van der Waals surface area contributed by atoms with E-state index in [0.717, 1.165) is 30.8 Å². The predicted molar refractivity (Wildman–Crippen MR) is 71.1 cm³/mol. The van der Waals surface area contributed by atoms with Crippen molar-refractivity contribution >= 4 is 0 Å². The molecule has 1 aromatic rings. The lowest BCUT2D eigenvalue weighted by molar-refractivity contribution is -0.0647. The minimum absolute atomic E-state index is 0.289. The molecule has 2 atom stereocenters. The lowest BCUT2D eigenvalue weighted by Gasteiger charge is -2.37. The van der Waals surface area contributed by atoms with Gasteiger partial charge < -0.3 is 10.5 Å². The van der Waals surface area contributed by atoms with Gasteiger partial charge in [0.2, 0.25) is 0 Å². The maximum atomic E-state index is 5.81. The molecule has 1 heterocycles. The van der Waals surface area contributed by atoms with Gasteiger partial charge in [-0.3, -0.25) is 0 Å². The van der Waals surface area contributed by atoms with Crippen LogP contribution in [0.1, 0.15) is 44.1 Å². The Bertz CT molecular complexity index is 396. The van der Waals surface area contributed by atoms with Gasteiger partial charge in [-0.2, -0.15) is 0 Å². The molecule has 0 aliphatic heterocycles. The number of ether oxygens (including phenoxy) is 1. The average molecular weight is 249 g/mol. The third kappa shape index (κ3) is 2.70. The molecule has 4 nitrogen and oxygen atoms in total. The monoisotopic (exact) mass is 249 g/mol. The first kappa shape index (κ1) is 13.4. The summed E-state index contributed by atoms with van der Waals surface area (Å²) < 4.78 is 5.81. The first-order valence-corrected chi connectivity index (χ1v) is 6.78. The summed E-state index contributed by atoms with van der Waals surface area (Å²) in [6.07, 6.45) is 7.10. The normalized spacial score (nSPS) is 28.3. The molecule has 0 saturated heterocycles. The van der Waals surface area contributed by atoms with E-state index in [9.17, 15) is 0 Å². The van der Waals surface area contributed by atoms with Gasteiger partial charge in [0.25, 0.3) is 0 Å². The summed E-state index contributed by atoms with van der Waals surface area (Å²) in [5.41, 5.74) is 6.31. The lowest BCUT2D eigenvalue weighted by atomic mass is 9.78. The van der Waals surface area contributed by atoms with Gasteiger partial charge in [0.15, 0.2) is 5.82 Å². The van der Waals surface area contributed by atoms with Crippen molar-refractivity contribution in [1.29, 1.82) is 0 Å². The van der Waals surface area contributed by atoms with Crippen molar-refractivity contribution in [2.75, 3.05) is 13.7 Å². The second-order valence-electron chi connectivity index (χ2n) is 5.31. The van der Waals surface area contributed by atoms with Crippen molar-refractivity contribution in [3.63, 3.8) is 0 Å². The van der Waals surface area contributed by atoms with E-state index in [1.165, 1.54) is 12.8 Å². The first-order valence-electron chi connectivity index (χ1n) is 6.78. The largest absolute Gasteiger partial charge is 0.370 e. The molecular formula is C14H23N3O. The zero-order valence-corrected chi connectivity index (χ0v) is 11.4. The van der Waals surface area contributed by atoms with Gasteiger partial charge >= 0.3 is 0 Å². The smallest absolute Gasteiger partial charge is 0.160 e. The Labute approximate surface area is 109 Å². The highest BCUT2D eigenvalue weighted by atomic mass is 16.5. The molecule has 4 heteroatoms. The number of nitrogens with two attached hydrogens (primary N) is 1. The van der Waals surface area contributed by atoms with E-state index in [1.807, 2.05) is 12.3 Å². The second-order valence-corrected chi connectivity index (χ2v) is 5.31. The molecule has 1 aromatic heterocycles. The minimum Gasteiger partial charge on any atom is -0.370 e. The molecule has 100 valence electrons. The maximum Gasteiger partial charge on any atom is 0.160 e. The van der Waals surface area contributed by atoms with Crippen molar-refractivity contribution in [1.82, 2.24) is 9.97 Å². The van der Waals surface area contributed by atoms with Crippen molar-refractivity contribution in [3.05, 3.63) is 23.8 Å². The first-order chi connectivity index (χ1) is 8.70. The highest BCUT2D eigenvalue weighted by Crippen LogP contribution is 2.40. The Morgan fingerprint density at radius 3 is 3.06 bits per heavy atom. The Kier molecular flexibility index (Phi) is 4.30. The van der Waals surface area contributed by atoms with Gasteiger partial charge in [0.05, 0.1) is 0 Å². The summed E-state index contributed by atoms with van der Waals surface area (Å²) in [6.45, 7) is 2.89. The third-order valence-corrected chi connectivity index (χ3v) is 3.87. The summed E-state index contributed by atoms with van der Waals surface area (Å²) in [5, 5.41) is 0. The lowest BCUT2D eigenvalue weighted by Crippen LogP contribution is -2.36. The fraction of sp³-hybridized carbons (Fsp3) is 0.714. The summed E-state index contributed by atoms with van der Waals surface area (Å²) in [4.78, 5) is 9.09. The molecule has 0 radical (unpaired) electrons. The molecule has 2 rings (SSSR count). The predicted octanol–water partition coefficient (Wildman–Crippen LogP) is 2.03. The van der Waals surface area contributed by atoms with Gasteiger partial charge in [-0.1, -0.05) is 13.3 Å². The van der Waals surface area contributed by atoms with Gasteiger partial charge in [0, 0.05) is 25.4 Å². The molecule has 0 bridgehead atoms. The van der Waals surface area contributed by atoms with Crippen molar-refractivity contribution < 1.29 is 4.74 Å². The Balaban J connectivity index is 2.28. The van der Waals surface area contributed by atoms with Crippen LogP contribution in [-0.4, -0.2) is 23.6 Å². The molecule has 1 aliphatic carbocycles. The van der Waals surface area contributed by atoms with E-state index >= 15 is 0 Å². The SMILES string of the molecule is COC1(c2nccc(CCN)n2)CCCC(C)C1. The van der Waals surface area contributed by atoms with Crippen LogP contribution in [0.5, 0.6) is 0 Å². The van der Waals surface area contributed by atoms with E-state index in [1.54, 1.807) is 7.11 Å². The number of rotatable bonds is 4. The zero-order chi connectivity index (χ0) is 13.0. The number of methoxy groups -OCH3 is 1. The average Bonchev–Trinajstić information content (AvgIpc) is 2.39. The Morgan fingerprint density at radius 2 is 2.39 bits per heavy atom. The number of hydrogen-bond donors (Lipinski definition) is 1. The third-order valence-electron chi connectivity index (χ3n) is 3.87. The Morgan fingerprint density at radius 1 is 1.56 bits per heavy atom. The molecule has 18 heavy (non-hydrogen) atoms. The van der Waals surface area contributed by atoms with Crippen molar-refractivity contribution in [2.24, 2.45) is 11.7 Å². The van der Waals surface area contributed by atoms with E-state index in [0.29, 0.717) is 12.5 Å².